The van der Waals surface area contributed by atoms with Crippen LogP contribution < -0.4 is 0 Å². The molecule has 0 heterocycles. The van der Waals surface area contributed by atoms with Crippen molar-refractivity contribution >= 4 is 0 Å². The molecule has 0 saturated heterocycles. The van der Waals surface area contributed by atoms with Crippen molar-refractivity contribution in [3.63, 3.8) is 0 Å². The van der Waals surface area contributed by atoms with Crippen LogP contribution in [0.15, 0.2) is 0 Å². The first kappa shape index (κ1) is 25.0. The average Bonchev–Trinajstić information content (AvgIpc) is 2.62. The molecule has 0 spiro atoms. The summed E-state index contributed by atoms with van der Waals surface area (Å²) in [5.74, 6) is 1.04. The first-order valence-electron chi connectivity index (χ1n) is 12.3. The van der Waals surface area contributed by atoms with Crippen LogP contribution in [0.3, 0.4) is 0 Å². The van der Waals surface area contributed by atoms with Gasteiger partial charge in [0.15, 0.2) is 0 Å². The Balaban J connectivity index is 3.57. The molecule has 0 rings (SSSR count). The van der Waals surface area contributed by atoms with E-state index in [0.717, 1.165) is 5.92 Å². The Morgan fingerprint density at radius 1 is 0.320 bits per heavy atom. The number of unbranched alkanes of at least 4 members (excludes halogenated alkanes) is 15. The molecule has 0 radical (unpaired) electrons. The van der Waals surface area contributed by atoms with Gasteiger partial charge in [-0.1, -0.05) is 156 Å². The highest BCUT2D eigenvalue weighted by atomic mass is 14.1. The summed E-state index contributed by atoms with van der Waals surface area (Å²) in [5, 5.41) is 0. The van der Waals surface area contributed by atoms with E-state index in [-0.39, 0.29) is 0 Å². The highest BCUT2D eigenvalue weighted by molar-refractivity contribution is 4.61. The molecule has 0 amide bonds. The fourth-order valence-electron chi connectivity index (χ4n) is 4.07. The normalized spacial score (nSPS) is 12.6. The van der Waals surface area contributed by atoms with Crippen molar-refractivity contribution in [2.24, 2.45) is 5.92 Å². The van der Waals surface area contributed by atoms with Gasteiger partial charge in [0.25, 0.3) is 0 Å². The molecule has 0 aliphatic rings. The predicted octanol–water partition coefficient (Wildman–Crippen LogP) is 9.85. The molecular formula is C25H52. The summed E-state index contributed by atoms with van der Waals surface area (Å²) in [6, 6.07) is 0. The molecule has 0 bridgehead atoms. The largest absolute Gasteiger partial charge is 0.0654 e. The molecular weight excluding hydrogens is 300 g/mol. The van der Waals surface area contributed by atoms with E-state index in [9.17, 15) is 0 Å². The van der Waals surface area contributed by atoms with Crippen LogP contribution in [0.4, 0.5) is 0 Å². The maximum Gasteiger partial charge on any atom is -0.0414 e. The zero-order chi connectivity index (χ0) is 18.4. The van der Waals surface area contributed by atoms with Gasteiger partial charge in [-0.3, -0.25) is 0 Å². The fraction of sp³-hybridized carbons (Fsp3) is 1.00. The second-order valence-electron chi connectivity index (χ2n) is 8.54. The van der Waals surface area contributed by atoms with Gasteiger partial charge in [0.2, 0.25) is 0 Å². The van der Waals surface area contributed by atoms with Gasteiger partial charge < -0.3 is 0 Å². The third-order valence-electron chi connectivity index (χ3n) is 5.90. The average molecular weight is 353 g/mol. The Morgan fingerprint density at radius 3 is 0.920 bits per heavy atom. The maximum atomic E-state index is 2.34. The molecule has 0 aromatic heterocycles. The van der Waals surface area contributed by atoms with Crippen molar-refractivity contribution in [1.29, 1.82) is 0 Å². The van der Waals surface area contributed by atoms with Gasteiger partial charge in [-0.2, -0.15) is 0 Å². The van der Waals surface area contributed by atoms with Gasteiger partial charge in [0.05, 0.1) is 0 Å². The van der Waals surface area contributed by atoms with Crippen molar-refractivity contribution in [2.45, 2.75) is 156 Å². The SMILES string of the molecule is CCCCCCCCCCCCC(CCCCC)CCCCCCC. The predicted molar refractivity (Wildman–Crippen MR) is 117 cm³/mol. The van der Waals surface area contributed by atoms with E-state index < -0.39 is 0 Å². The third kappa shape index (κ3) is 20.2. The van der Waals surface area contributed by atoms with E-state index >= 15 is 0 Å². The Kier molecular flexibility index (Phi) is 22.0. The summed E-state index contributed by atoms with van der Waals surface area (Å²) in [4.78, 5) is 0. The molecule has 0 aliphatic heterocycles. The van der Waals surface area contributed by atoms with Crippen LogP contribution in [-0.2, 0) is 0 Å². The smallest absolute Gasteiger partial charge is 0.0414 e. The minimum atomic E-state index is 1.04. The Bertz CT molecular complexity index is 220. The molecule has 0 N–H and O–H groups in total. The Labute approximate surface area is 161 Å². The molecule has 152 valence electrons. The van der Waals surface area contributed by atoms with E-state index in [0.29, 0.717) is 0 Å². The summed E-state index contributed by atoms with van der Waals surface area (Å²) in [7, 11) is 0. The molecule has 0 saturated carbocycles. The maximum absolute atomic E-state index is 2.34. The number of rotatable bonds is 21. The summed E-state index contributed by atoms with van der Waals surface area (Å²) in [6.07, 6.45) is 30.8. The summed E-state index contributed by atoms with van der Waals surface area (Å²) in [6.45, 7) is 6.96. The van der Waals surface area contributed by atoms with E-state index in [4.69, 9.17) is 0 Å². The zero-order valence-electron chi connectivity index (χ0n) is 18.4. The summed E-state index contributed by atoms with van der Waals surface area (Å²) >= 11 is 0. The van der Waals surface area contributed by atoms with E-state index in [2.05, 4.69) is 20.8 Å². The Morgan fingerprint density at radius 2 is 0.560 bits per heavy atom. The monoisotopic (exact) mass is 352 g/mol. The van der Waals surface area contributed by atoms with Crippen LogP contribution in [-0.4, -0.2) is 0 Å². The van der Waals surface area contributed by atoms with Gasteiger partial charge >= 0.3 is 0 Å². The molecule has 1 unspecified atom stereocenters. The zero-order valence-corrected chi connectivity index (χ0v) is 18.4. The van der Waals surface area contributed by atoms with Crippen molar-refractivity contribution in [1.82, 2.24) is 0 Å². The second kappa shape index (κ2) is 22.0. The minimum absolute atomic E-state index is 1.04. The van der Waals surface area contributed by atoms with Gasteiger partial charge in [0, 0.05) is 0 Å². The molecule has 25 heavy (non-hydrogen) atoms. The van der Waals surface area contributed by atoms with Gasteiger partial charge in [-0.05, 0) is 5.92 Å². The lowest BCUT2D eigenvalue weighted by Crippen LogP contribution is -2.01. The van der Waals surface area contributed by atoms with Crippen molar-refractivity contribution in [3.8, 4) is 0 Å². The minimum Gasteiger partial charge on any atom is -0.0654 e. The number of hydrogen-bond acceptors (Lipinski definition) is 0. The first-order valence-corrected chi connectivity index (χ1v) is 12.3. The van der Waals surface area contributed by atoms with E-state index in [1.54, 1.807) is 0 Å². The van der Waals surface area contributed by atoms with Crippen molar-refractivity contribution in [3.05, 3.63) is 0 Å². The first-order chi connectivity index (χ1) is 12.3. The molecule has 1 atom stereocenters. The van der Waals surface area contributed by atoms with E-state index in [1.165, 1.54) is 135 Å². The molecule has 0 aromatic carbocycles. The molecule has 0 heteroatoms. The van der Waals surface area contributed by atoms with Crippen molar-refractivity contribution < 1.29 is 0 Å². The van der Waals surface area contributed by atoms with E-state index in [1.807, 2.05) is 0 Å². The van der Waals surface area contributed by atoms with Crippen LogP contribution in [0.1, 0.15) is 156 Å². The molecule has 0 nitrogen and oxygen atoms in total. The van der Waals surface area contributed by atoms with Crippen LogP contribution in [0.5, 0.6) is 0 Å². The fourth-order valence-corrected chi connectivity index (χ4v) is 4.07. The highest BCUT2D eigenvalue weighted by Crippen LogP contribution is 2.24. The lowest BCUT2D eigenvalue weighted by Gasteiger charge is -2.17. The van der Waals surface area contributed by atoms with Crippen LogP contribution in [0.25, 0.3) is 0 Å². The second-order valence-corrected chi connectivity index (χ2v) is 8.54. The van der Waals surface area contributed by atoms with Crippen LogP contribution in [0.2, 0.25) is 0 Å². The quantitative estimate of drug-likeness (QED) is 0.180. The van der Waals surface area contributed by atoms with Crippen LogP contribution >= 0.6 is 0 Å². The number of hydrogen-bond donors (Lipinski definition) is 0. The van der Waals surface area contributed by atoms with Gasteiger partial charge in [-0.15, -0.1) is 0 Å². The highest BCUT2D eigenvalue weighted by Gasteiger charge is 2.08. The van der Waals surface area contributed by atoms with Crippen LogP contribution in [0, 0.1) is 5.92 Å². The van der Waals surface area contributed by atoms with Crippen molar-refractivity contribution in [2.75, 3.05) is 0 Å². The van der Waals surface area contributed by atoms with Gasteiger partial charge in [0.1, 0.15) is 0 Å². The summed E-state index contributed by atoms with van der Waals surface area (Å²) < 4.78 is 0. The van der Waals surface area contributed by atoms with Gasteiger partial charge in [-0.25, -0.2) is 0 Å². The molecule has 0 aliphatic carbocycles. The third-order valence-corrected chi connectivity index (χ3v) is 5.90. The lowest BCUT2D eigenvalue weighted by atomic mass is 9.89. The Hall–Kier alpha value is 0. The molecule has 0 fully saturated rings. The topological polar surface area (TPSA) is 0 Å². The lowest BCUT2D eigenvalue weighted by molar-refractivity contribution is 0.368. The molecule has 0 aromatic rings. The standard InChI is InChI=1S/C25H52/c1-4-7-10-12-13-14-15-16-18-21-24-25(22-19-9-6-3)23-20-17-11-8-5-2/h25H,4-24H2,1-3H3. The summed E-state index contributed by atoms with van der Waals surface area (Å²) in [5.41, 5.74) is 0.